The number of nitrogens with zero attached hydrogens (tertiary/aromatic N) is 1. The van der Waals surface area contributed by atoms with Crippen LogP contribution >= 0.6 is 11.8 Å². The third kappa shape index (κ3) is 4.51. The fourth-order valence-corrected chi connectivity index (χ4v) is 6.77. The standard InChI is InChI=1S/C27H30N2O5S/c1-16(2)24-29(22(15-35-24)25(31)32)23(30)13-27(11-12-27)28-26(33)34-14-21-19-9-5-3-7-17(19)18-8-4-6-10-20(18)21/h3-10,16,21-22,24H,11-15H2,1-2H3,(H,28,33)(H,31,32). The van der Waals surface area contributed by atoms with Crippen LogP contribution in [0.3, 0.4) is 0 Å². The fourth-order valence-electron chi connectivity index (χ4n) is 5.28. The Morgan fingerprint density at radius 1 is 1.09 bits per heavy atom. The van der Waals surface area contributed by atoms with E-state index >= 15 is 0 Å². The van der Waals surface area contributed by atoms with Crippen molar-refractivity contribution >= 4 is 29.7 Å². The molecule has 35 heavy (non-hydrogen) atoms. The minimum atomic E-state index is -0.983. The third-order valence-corrected chi connectivity index (χ3v) is 8.85. The summed E-state index contributed by atoms with van der Waals surface area (Å²) in [5, 5.41) is 12.4. The van der Waals surface area contributed by atoms with Crippen LogP contribution in [0.2, 0.25) is 0 Å². The number of alkyl carbamates (subject to hydrolysis) is 1. The number of thioether (sulfide) groups is 1. The number of fused-ring (bicyclic) bond motifs is 3. The lowest BCUT2D eigenvalue weighted by Gasteiger charge is -2.31. The van der Waals surface area contributed by atoms with E-state index in [1.165, 1.54) is 16.7 Å². The normalized spacial score (nSPS) is 22.0. The minimum Gasteiger partial charge on any atom is -0.480 e. The molecular weight excluding hydrogens is 464 g/mol. The molecule has 2 aromatic rings. The van der Waals surface area contributed by atoms with Crippen LogP contribution in [0, 0.1) is 5.92 Å². The number of nitrogens with one attached hydrogen (secondary N) is 1. The average Bonchev–Trinajstić information content (AvgIpc) is 3.30. The van der Waals surface area contributed by atoms with Crippen molar-refractivity contribution in [2.75, 3.05) is 12.4 Å². The molecular formula is C27H30N2O5S. The van der Waals surface area contributed by atoms with E-state index in [9.17, 15) is 19.5 Å². The topological polar surface area (TPSA) is 95.9 Å². The number of carboxylic acid groups (broad SMARTS) is 1. The van der Waals surface area contributed by atoms with Gasteiger partial charge in [-0.2, -0.15) is 0 Å². The van der Waals surface area contributed by atoms with Gasteiger partial charge in [0.1, 0.15) is 12.6 Å². The van der Waals surface area contributed by atoms with Gasteiger partial charge in [0.2, 0.25) is 5.91 Å². The number of hydrogen-bond acceptors (Lipinski definition) is 5. The van der Waals surface area contributed by atoms with Gasteiger partial charge in [-0.1, -0.05) is 62.4 Å². The van der Waals surface area contributed by atoms with Crippen LogP contribution in [0.25, 0.3) is 11.1 Å². The van der Waals surface area contributed by atoms with Gasteiger partial charge in [-0.3, -0.25) is 4.79 Å². The highest BCUT2D eigenvalue weighted by molar-refractivity contribution is 8.00. The molecule has 2 unspecified atom stereocenters. The Balaban J connectivity index is 1.22. The first-order valence-electron chi connectivity index (χ1n) is 12.1. The first kappa shape index (κ1) is 23.7. The number of carbonyl (C=O) groups excluding carboxylic acids is 2. The summed E-state index contributed by atoms with van der Waals surface area (Å²) in [5.41, 5.74) is 3.96. The third-order valence-electron chi connectivity index (χ3n) is 7.23. The van der Waals surface area contributed by atoms with Crippen LogP contribution < -0.4 is 5.32 Å². The molecule has 2 aliphatic carbocycles. The summed E-state index contributed by atoms with van der Waals surface area (Å²) in [6.07, 6.45) is 0.899. The molecule has 2 atom stereocenters. The molecule has 0 aromatic heterocycles. The Kier molecular flexibility index (Phi) is 6.25. The van der Waals surface area contributed by atoms with Crippen LogP contribution in [0.5, 0.6) is 0 Å². The molecule has 0 bridgehead atoms. The summed E-state index contributed by atoms with van der Waals surface area (Å²) >= 11 is 1.51. The Morgan fingerprint density at radius 2 is 1.69 bits per heavy atom. The molecule has 184 valence electrons. The van der Waals surface area contributed by atoms with Crippen molar-refractivity contribution in [1.82, 2.24) is 10.2 Å². The van der Waals surface area contributed by atoms with Gasteiger partial charge in [0.05, 0.1) is 17.3 Å². The molecule has 2 fully saturated rings. The molecule has 5 rings (SSSR count). The molecule has 2 amide bonds. The van der Waals surface area contributed by atoms with Crippen molar-refractivity contribution in [1.29, 1.82) is 0 Å². The maximum atomic E-state index is 13.2. The summed E-state index contributed by atoms with van der Waals surface area (Å²) in [4.78, 5) is 39.2. The van der Waals surface area contributed by atoms with Crippen molar-refractivity contribution in [3.05, 3.63) is 59.7 Å². The predicted octanol–water partition coefficient (Wildman–Crippen LogP) is 4.46. The van der Waals surface area contributed by atoms with E-state index in [-0.39, 0.29) is 36.1 Å². The van der Waals surface area contributed by atoms with Crippen molar-refractivity contribution in [3.63, 3.8) is 0 Å². The molecule has 1 saturated carbocycles. The highest BCUT2D eigenvalue weighted by atomic mass is 32.2. The Bertz CT molecular complexity index is 1120. The highest BCUT2D eigenvalue weighted by Crippen LogP contribution is 2.45. The number of rotatable bonds is 7. The van der Waals surface area contributed by atoms with Gasteiger partial charge in [-0.05, 0) is 41.0 Å². The van der Waals surface area contributed by atoms with Crippen LogP contribution in [0.1, 0.15) is 50.2 Å². The largest absolute Gasteiger partial charge is 0.480 e. The summed E-state index contributed by atoms with van der Waals surface area (Å²) in [6.45, 7) is 4.19. The predicted molar refractivity (Wildman–Crippen MR) is 134 cm³/mol. The monoisotopic (exact) mass is 494 g/mol. The highest BCUT2D eigenvalue weighted by Gasteiger charge is 2.50. The van der Waals surface area contributed by atoms with Crippen LogP contribution in [-0.2, 0) is 14.3 Å². The number of amides is 2. The van der Waals surface area contributed by atoms with E-state index in [1.807, 2.05) is 38.1 Å². The zero-order valence-electron chi connectivity index (χ0n) is 19.9. The Hall–Kier alpha value is -3.00. The number of carboxylic acids is 1. The summed E-state index contributed by atoms with van der Waals surface area (Å²) < 4.78 is 5.67. The van der Waals surface area contributed by atoms with Gasteiger partial charge in [-0.15, -0.1) is 11.8 Å². The molecule has 7 nitrogen and oxygen atoms in total. The minimum absolute atomic E-state index is 0.0327. The van der Waals surface area contributed by atoms with E-state index in [2.05, 4.69) is 29.6 Å². The van der Waals surface area contributed by atoms with Crippen LogP contribution in [-0.4, -0.2) is 57.3 Å². The Labute approximate surface area is 209 Å². The first-order valence-corrected chi connectivity index (χ1v) is 13.1. The average molecular weight is 495 g/mol. The molecule has 1 saturated heterocycles. The lowest BCUT2D eigenvalue weighted by molar-refractivity contribution is -0.149. The smallest absolute Gasteiger partial charge is 0.407 e. The van der Waals surface area contributed by atoms with E-state index in [4.69, 9.17) is 4.74 Å². The maximum absolute atomic E-state index is 13.2. The summed E-state index contributed by atoms with van der Waals surface area (Å²) in [7, 11) is 0. The van der Waals surface area contributed by atoms with E-state index < -0.39 is 23.6 Å². The molecule has 8 heteroatoms. The van der Waals surface area contributed by atoms with Crippen molar-refractivity contribution in [2.24, 2.45) is 5.92 Å². The lowest BCUT2D eigenvalue weighted by Crippen LogP contribution is -2.50. The lowest BCUT2D eigenvalue weighted by atomic mass is 9.98. The molecule has 0 spiro atoms. The first-order chi connectivity index (χ1) is 16.8. The van der Waals surface area contributed by atoms with Gasteiger partial charge < -0.3 is 20.1 Å². The molecule has 0 radical (unpaired) electrons. The van der Waals surface area contributed by atoms with Gasteiger partial charge in [-0.25, -0.2) is 9.59 Å². The number of benzene rings is 2. The van der Waals surface area contributed by atoms with Crippen molar-refractivity contribution in [2.45, 2.75) is 56.0 Å². The summed E-state index contributed by atoms with van der Waals surface area (Å²) in [6, 6.07) is 15.5. The van der Waals surface area contributed by atoms with E-state index in [0.717, 1.165) is 22.3 Å². The van der Waals surface area contributed by atoms with E-state index in [1.54, 1.807) is 0 Å². The quantitative estimate of drug-likeness (QED) is 0.590. The molecule has 3 aliphatic rings. The second-order valence-corrected chi connectivity index (χ2v) is 11.2. The van der Waals surface area contributed by atoms with Gasteiger partial charge in [0, 0.05) is 11.7 Å². The zero-order chi connectivity index (χ0) is 24.7. The van der Waals surface area contributed by atoms with Gasteiger partial charge in [0.15, 0.2) is 0 Å². The van der Waals surface area contributed by atoms with Crippen LogP contribution in [0.15, 0.2) is 48.5 Å². The number of carbonyl (C=O) groups is 3. The van der Waals surface area contributed by atoms with Gasteiger partial charge >= 0.3 is 12.1 Å². The van der Waals surface area contributed by atoms with E-state index in [0.29, 0.717) is 18.6 Å². The number of aliphatic carboxylic acids is 1. The molecule has 2 aromatic carbocycles. The van der Waals surface area contributed by atoms with Gasteiger partial charge in [0.25, 0.3) is 0 Å². The fraction of sp³-hybridized carbons (Fsp3) is 0.444. The maximum Gasteiger partial charge on any atom is 0.407 e. The van der Waals surface area contributed by atoms with Crippen molar-refractivity contribution in [3.8, 4) is 11.1 Å². The summed E-state index contributed by atoms with van der Waals surface area (Å²) in [5.74, 6) is -0.717. The number of hydrogen-bond donors (Lipinski definition) is 2. The second-order valence-electron chi connectivity index (χ2n) is 10.0. The van der Waals surface area contributed by atoms with Crippen molar-refractivity contribution < 1.29 is 24.2 Å². The molecule has 1 heterocycles. The van der Waals surface area contributed by atoms with Crippen LogP contribution in [0.4, 0.5) is 4.79 Å². The number of ether oxygens (including phenoxy) is 1. The Morgan fingerprint density at radius 3 is 2.23 bits per heavy atom. The second kappa shape index (κ2) is 9.22. The molecule has 1 aliphatic heterocycles. The SMILES string of the molecule is CC(C)C1SCC(C(=O)O)N1C(=O)CC1(NC(=O)OCC2c3ccccc3-c3ccccc32)CC1. The zero-order valence-corrected chi connectivity index (χ0v) is 20.7. The molecule has 2 N–H and O–H groups in total.